The molecule has 0 amide bonds. The number of halogens is 1. The van der Waals surface area contributed by atoms with Gasteiger partial charge in [-0.3, -0.25) is 4.68 Å². The third-order valence-electron chi connectivity index (χ3n) is 3.88. The quantitative estimate of drug-likeness (QED) is 0.845. The van der Waals surface area contributed by atoms with Gasteiger partial charge in [0.15, 0.2) is 0 Å². The summed E-state index contributed by atoms with van der Waals surface area (Å²) in [5, 5.41) is 18.4. The van der Waals surface area contributed by atoms with Crippen LogP contribution in [0.4, 0.5) is 0 Å². The number of rotatable bonds is 6. The Bertz CT molecular complexity index is 456. The van der Waals surface area contributed by atoms with Crippen molar-refractivity contribution in [2.45, 2.75) is 64.6 Å². The highest BCUT2D eigenvalue weighted by Gasteiger charge is 2.34. The van der Waals surface area contributed by atoms with Gasteiger partial charge < -0.3 is 10.4 Å². The minimum absolute atomic E-state index is 0.140. The van der Waals surface area contributed by atoms with E-state index in [0.29, 0.717) is 6.04 Å². The summed E-state index contributed by atoms with van der Waals surface area (Å²) in [4.78, 5) is 0. The van der Waals surface area contributed by atoms with Crippen molar-refractivity contribution in [1.82, 2.24) is 15.1 Å². The van der Waals surface area contributed by atoms with Gasteiger partial charge in [-0.25, -0.2) is 0 Å². The Morgan fingerprint density at radius 3 is 2.58 bits per heavy atom. The van der Waals surface area contributed by atoms with Crippen LogP contribution in [0.1, 0.15) is 50.5 Å². The molecule has 1 aliphatic carbocycles. The van der Waals surface area contributed by atoms with Crippen molar-refractivity contribution in [2.75, 3.05) is 6.61 Å². The SMILES string of the molecule is Cc1nn(C(C)CC(C)(CO)NC2CC2)c(C)c1Cl. The van der Waals surface area contributed by atoms with E-state index in [1.165, 1.54) is 12.8 Å². The molecule has 2 unspecified atom stereocenters. The summed E-state index contributed by atoms with van der Waals surface area (Å²) in [7, 11) is 0. The maximum absolute atomic E-state index is 9.67. The molecule has 1 fully saturated rings. The normalized spacial score (nSPS) is 20.3. The summed E-state index contributed by atoms with van der Waals surface area (Å²) in [5.74, 6) is 0. The van der Waals surface area contributed by atoms with E-state index in [9.17, 15) is 5.11 Å². The van der Waals surface area contributed by atoms with Gasteiger partial charge in [0.1, 0.15) is 0 Å². The van der Waals surface area contributed by atoms with Crippen LogP contribution in [0.25, 0.3) is 0 Å². The van der Waals surface area contributed by atoms with E-state index in [-0.39, 0.29) is 18.2 Å². The van der Waals surface area contributed by atoms with Crippen LogP contribution >= 0.6 is 11.6 Å². The lowest BCUT2D eigenvalue weighted by Crippen LogP contribution is -2.48. The lowest BCUT2D eigenvalue weighted by atomic mass is 9.94. The van der Waals surface area contributed by atoms with Gasteiger partial charge in [0, 0.05) is 11.6 Å². The number of hydrogen-bond donors (Lipinski definition) is 2. The molecule has 0 spiro atoms. The van der Waals surface area contributed by atoms with Crippen LogP contribution in [-0.2, 0) is 0 Å². The molecule has 2 rings (SSSR count). The van der Waals surface area contributed by atoms with Crippen molar-refractivity contribution in [3.05, 3.63) is 16.4 Å². The Balaban J connectivity index is 2.09. The number of aryl methyl sites for hydroxylation is 1. The first-order chi connectivity index (χ1) is 8.86. The van der Waals surface area contributed by atoms with Crippen molar-refractivity contribution in [2.24, 2.45) is 0 Å². The molecule has 0 radical (unpaired) electrons. The zero-order chi connectivity index (χ0) is 14.2. The number of aromatic nitrogens is 2. The van der Waals surface area contributed by atoms with Crippen molar-refractivity contribution >= 4 is 11.6 Å². The predicted octanol–water partition coefficient (Wildman–Crippen LogP) is 2.61. The molecule has 1 aliphatic rings. The maximum Gasteiger partial charge on any atom is 0.0844 e. The van der Waals surface area contributed by atoms with Crippen LogP contribution in [0.15, 0.2) is 0 Å². The number of nitrogens with zero attached hydrogens (tertiary/aromatic N) is 2. The predicted molar refractivity (Wildman–Crippen MR) is 77.7 cm³/mol. The fraction of sp³-hybridized carbons (Fsp3) is 0.786. The first-order valence-electron chi connectivity index (χ1n) is 6.96. The third kappa shape index (κ3) is 3.30. The van der Waals surface area contributed by atoms with Crippen molar-refractivity contribution in [3.8, 4) is 0 Å². The first-order valence-corrected chi connectivity index (χ1v) is 7.34. The summed E-state index contributed by atoms with van der Waals surface area (Å²) < 4.78 is 1.97. The Labute approximate surface area is 120 Å². The van der Waals surface area contributed by atoms with E-state index in [0.717, 1.165) is 22.8 Å². The lowest BCUT2D eigenvalue weighted by Gasteiger charge is -2.32. The molecule has 19 heavy (non-hydrogen) atoms. The Morgan fingerprint density at radius 1 is 1.53 bits per heavy atom. The summed E-state index contributed by atoms with van der Waals surface area (Å²) in [6.07, 6.45) is 3.27. The topological polar surface area (TPSA) is 50.1 Å². The highest BCUT2D eigenvalue weighted by molar-refractivity contribution is 6.31. The van der Waals surface area contributed by atoms with E-state index < -0.39 is 0 Å². The van der Waals surface area contributed by atoms with Gasteiger partial charge in [0.25, 0.3) is 0 Å². The van der Waals surface area contributed by atoms with Gasteiger partial charge in [-0.1, -0.05) is 11.6 Å². The number of aliphatic hydroxyl groups excluding tert-OH is 1. The monoisotopic (exact) mass is 285 g/mol. The molecule has 2 atom stereocenters. The Hall–Kier alpha value is -0.580. The molecule has 0 aliphatic heterocycles. The van der Waals surface area contributed by atoms with Gasteiger partial charge in [0.2, 0.25) is 0 Å². The summed E-state index contributed by atoms with van der Waals surface area (Å²) >= 11 is 6.19. The molecule has 1 heterocycles. The minimum atomic E-state index is -0.251. The Morgan fingerprint density at radius 2 is 2.16 bits per heavy atom. The molecule has 1 saturated carbocycles. The number of nitrogens with one attached hydrogen (secondary N) is 1. The van der Waals surface area contributed by atoms with E-state index in [1.54, 1.807) is 0 Å². The summed E-state index contributed by atoms with van der Waals surface area (Å²) in [6.45, 7) is 8.25. The maximum atomic E-state index is 9.67. The average molecular weight is 286 g/mol. The Kier molecular flexibility index (Phi) is 4.23. The van der Waals surface area contributed by atoms with Crippen LogP contribution in [0.3, 0.4) is 0 Å². The lowest BCUT2D eigenvalue weighted by molar-refractivity contribution is 0.146. The number of aliphatic hydroxyl groups is 1. The minimum Gasteiger partial charge on any atom is -0.394 e. The van der Waals surface area contributed by atoms with Crippen molar-refractivity contribution in [3.63, 3.8) is 0 Å². The molecule has 1 aromatic heterocycles. The molecule has 108 valence electrons. The van der Waals surface area contributed by atoms with Crippen LogP contribution < -0.4 is 5.32 Å². The zero-order valence-corrected chi connectivity index (χ0v) is 13.0. The molecule has 0 saturated heterocycles. The first kappa shape index (κ1) is 14.8. The van der Waals surface area contributed by atoms with Crippen molar-refractivity contribution < 1.29 is 5.11 Å². The molecule has 0 aromatic carbocycles. The standard InChI is InChI=1S/C14H24ClN3O/c1-9(18-11(3)13(15)10(2)17-18)7-14(4,8-19)16-12-5-6-12/h9,12,16,19H,5-8H2,1-4H3. The third-order valence-corrected chi connectivity index (χ3v) is 4.43. The van der Waals surface area contributed by atoms with E-state index >= 15 is 0 Å². The van der Waals surface area contributed by atoms with Gasteiger partial charge in [0.05, 0.1) is 29.1 Å². The summed E-state index contributed by atoms with van der Waals surface area (Å²) in [6, 6.07) is 0.781. The highest BCUT2D eigenvalue weighted by atomic mass is 35.5. The van der Waals surface area contributed by atoms with Crippen LogP contribution in [-0.4, -0.2) is 33.1 Å². The fourth-order valence-corrected chi connectivity index (χ4v) is 2.82. The molecular weight excluding hydrogens is 262 g/mol. The van der Waals surface area contributed by atoms with Gasteiger partial charge >= 0.3 is 0 Å². The largest absolute Gasteiger partial charge is 0.394 e. The smallest absolute Gasteiger partial charge is 0.0844 e. The second kappa shape index (κ2) is 5.43. The fourth-order valence-electron chi connectivity index (χ4n) is 2.70. The van der Waals surface area contributed by atoms with Crippen LogP contribution in [0.5, 0.6) is 0 Å². The van der Waals surface area contributed by atoms with E-state index in [1.807, 2.05) is 18.5 Å². The molecule has 2 N–H and O–H groups in total. The van der Waals surface area contributed by atoms with Gasteiger partial charge in [-0.2, -0.15) is 5.10 Å². The van der Waals surface area contributed by atoms with E-state index in [2.05, 4.69) is 24.3 Å². The molecule has 5 heteroatoms. The second-order valence-corrected chi connectivity index (χ2v) is 6.50. The average Bonchev–Trinajstić information content (AvgIpc) is 3.12. The van der Waals surface area contributed by atoms with Gasteiger partial charge in [-0.05, 0) is 47.0 Å². The number of hydrogen-bond acceptors (Lipinski definition) is 3. The molecule has 1 aromatic rings. The van der Waals surface area contributed by atoms with E-state index in [4.69, 9.17) is 11.6 Å². The van der Waals surface area contributed by atoms with Crippen LogP contribution in [0.2, 0.25) is 5.02 Å². The van der Waals surface area contributed by atoms with Gasteiger partial charge in [-0.15, -0.1) is 0 Å². The molecule has 4 nitrogen and oxygen atoms in total. The highest BCUT2D eigenvalue weighted by Crippen LogP contribution is 2.29. The second-order valence-electron chi connectivity index (χ2n) is 6.12. The molecule has 0 bridgehead atoms. The van der Waals surface area contributed by atoms with Crippen molar-refractivity contribution in [1.29, 1.82) is 0 Å². The van der Waals surface area contributed by atoms with Crippen LogP contribution in [0, 0.1) is 13.8 Å². The summed E-state index contributed by atoms with van der Waals surface area (Å²) in [5.41, 5.74) is 1.62. The molecular formula is C14H24ClN3O. The zero-order valence-electron chi connectivity index (χ0n) is 12.2.